The number of benzene rings is 3. The standard InChI is InChI=1S/C33H44NO3/c1-19-15-27(22(4)21(3)20(19)2)34(37)28-18-24(17-26(30(28)36)32(8,9)10)33(11,12)23-13-14-29(35)25(16-23)31(5,6)7/h13-18,35-36H,1-12H3. The molecule has 0 fully saturated rings. The number of anilines is 2. The summed E-state index contributed by atoms with van der Waals surface area (Å²) >= 11 is 0. The lowest BCUT2D eigenvalue weighted by molar-refractivity contribution is 0.193. The molecule has 4 nitrogen and oxygen atoms in total. The summed E-state index contributed by atoms with van der Waals surface area (Å²) in [6.07, 6.45) is 0. The van der Waals surface area contributed by atoms with Gasteiger partial charge in [0, 0.05) is 11.0 Å². The molecule has 0 spiro atoms. The minimum atomic E-state index is -0.495. The van der Waals surface area contributed by atoms with Gasteiger partial charge >= 0.3 is 0 Å². The zero-order chi connectivity index (χ0) is 28.2. The van der Waals surface area contributed by atoms with Crippen LogP contribution >= 0.6 is 0 Å². The molecule has 0 aliphatic heterocycles. The van der Waals surface area contributed by atoms with Crippen LogP contribution in [-0.4, -0.2) is 10.2 Å². The Morgan fingerprint density at radius 1 is 0.622 bits per heavy atom. The fourth-order valence-electron chi connectivity index (χ4n) is 4.93. The lowest BCUT2D eigenvalue weighted by Crippen LogP contribution is -2.24. The van der Waals surface area contributed by atoms with Crippen molar-refractivity contribution in [3.63, 3.8) is 0 Å². The molecule has 3 rings (SSSR count). The maximum Gasteiger partial charge on any atom is 0.145 e. The highest BCUT2D eigenvalue weighted by Crippen LogP contribution is 2.46. The van der Waals surface area contributed by atoms with Crippen molar-refractivity contribution in [2.24, 2.45) is 0 Å². The first kappa shape index (κ1) is 28.6. The molecule has 37 heavy (non-hydrogen) atoms. The summed E-state index contributed by atoms with van der Waals surface area (Å²) in [5.74, 6) is 0.290. The highest BCUT2D eigenvalue weighted by atomic mass is 16.5. The van der Waals surface area contributed by atoms with Gasteiger partial charge in [-0.3, -0.25) is 0 Å². The van der Waals surface area contributed by atoms with Crippen LogP contribution in [0.1, 0.15) is 99.9 Å². The van der Waals surface area contributed by atoms with E-state index in [-0.39, 0.29) is 28.0 Å². The minimum Gasteiger partial charge on any atom is -0.508 e. The first-order chi connectivity index (χ1) is 16.8. The molecule has 0 heterocycles. The molecule has 1 radical (unpaired) electrons. The summed E-state index contributed by atoms with van der Waals surface area (Å²) < 4.78 is 0. The number of nitrogens with zero attached hydrogens (tertiary/aromatic N) is 1. The topological polar surface area (TPSA) is 63.6 Å². The van der Waals surface area contributed by atoms with Crippen molar-refractivity contribution in [1.82, 2.24) is 0 Å². The van der Waals surface area contributed by atoms with Gasteiger partial charge in [-0.05, 0) is 95.7 Å². The second-order valence-corrected chi connectivity index (χ2v) is 13.1. The quantitative estimate of drug-likeness (QED) is 0.351. The second kappa shape index (κ2) is 9.40. The van der Waals surface area contributed by atoms with Crippen molar-refractivity contribution in [3.8, 4) is 11.5 Å². The molecule has 199 valence electrons. The van der Waals surface area contributed by atoms with Gasteiger partial charge in [0.25, 0.3) is 0 Å². The van der Waals surface area contributed by atoms with Gasteiger partial charge in [0.2, 0.25) is 0 Å². The number of hydrogen-bond donors (Lipinski definition) is 2. The molecule has 0 aliphatic carbocycles. The first-order valence-corrected chi connectivity index (χ1v) is 13.0. The van der Waals surface area contributed by atoms with Crippen LogP contribution in [0.2, 0.25) is 0 Å². The zero-order valence-electron chi connectivity index (χ0n) is 24.7. The fraction of sp³-hybridized carbons (Fsp3) is 0.455. The number of aromatic hydroxyl groups is 2. The average Bonchev–Trinajstić information content (AvgIpc) is 2.78. The third-order valence-corrected chi connectivity index (χ3v) is 8.04. The number of rotatable bonds is 4. The van der Waals surface area contributed by atoms with Crippen molar-refractivity contribution >= 4 is 11.4 Å². The largest absolute Gasteiger partial charge is 0.508 e. The molecular formula is C33H44NO3. The molecule has 0 saturated heterocycles. The average molecular weight is 503 g/mol. The van der Waals surface area contributed by atoms with E-state index in [0.29, 0.717) is 5.69 Å². The maximum atomic E-state index is 14.0. The number of phenolic OH excluding ortho intramolecular Hbond substituents is 2. The minimum absolute atomic E-state index is 0.0124. The Kier molecular flexibility index (Phi) is 7.26. The second-order valence-electron chi connectivity index (χ2n) is 13.1. The fourth-order valence-corrected chi connectivity index (χ4v) is 4.93. The van der Waals surface area contributed by atoms with E-state index in [1.54, 1.807) is 6.07 Å². The summed E-state index contributed by atoms with van der Waals surface area (Å²) in [5, 5.41) is 36.8. The van der Waals surface area contributed by atoms with Gasteiger partial charge in [-0.1, -0.05) is 78.8 Å². The summed E-state index contributed by atoms with van der Waals surface area (Å²) in [5.41, 5.74) is 7.46. The van der Waals surface area contributed by atoms with Crippen LogP contribution < -0.4 is 5.06 Å². The highest BCUT2D eigenvalue weighted by Gasteiger charge is 2.32. The Morgan fingerprint density at radius 2 is 1.16 bits per heavy atom. The molecule has 0 atom stereocenters. The summed E-state index contributed by atoms with van der Waals surface area (Å²) in [4.78, 5) is 0. The van der Waals surface area contributed by atoms with Gasteiger partial charge in [-0.2, -0.15) is 5.06 Å². The van der Waals surface area contributed by atoms with Gasteiger partial charge in [0.15, 0.2) is 0 Å². The van der Waals surface area contributed by atoms with E-state index >= 15 is 0 Å². The molecule has 0 aromatic heterocycles. The Hall–Kier alpha value is -2.98. The monoisotopic (exact) mass is 502 g/mol. The van der Waals surface area contributed by atoms with Crippen molar-refractivity contribution < 1.29 is 15.4 Å². The molecule has 3 aromatic rings. The molecule has 4 heteroatoms. The van der Waals surface area contributed by atoms with Crippen LogP contribution in [0.5, 0.6) is 11.5 Å². The smallest absolute Gasteiger partial charge is 0.145 e. The highest BCUT2D eigenvalue weighted by molar-refractivity contribution is 5.74. The Bertz CT molecular complexity index is 1340. The van der Waals surface area contributed by atoms with Crippen LogP contribution in [-0.2, 0) is 21.5 Å². The lowest BCUT2D eigenvalue weighted by Gasteiger charge is -2.33. The normalized spacial score (nSPS) is 12.7. The molecule has 0 unspecified atom stereocenters. The predicted octanol–water partition coefficient (Wildman–Crippen LogP) is 8.74. The van der Waals surface area contributed by atoms with Crippen LogP contribution in [0.25, 0.3) is 0 Å². The third kappa shape index (κ3) is 5.22. The van der Waals surface area contributed by atoms with Crippen molar-refractivity contribution in [2.45, 2.75) is 99.3 Å². The maximum absolute atomic E-state index is 14.0. The SMILES string of the molecule is Cc1cc(N([O])c2cc(C(C)(C)c3ccc(O)c(C(C)(C)C)c3)cc(C(C)(C)C)c2O)c(C)c(C)c1C. The van der Waals surface area contributed by atoms with E-state index < -0.39 is 5.41 Å². The number of hydrogen-bond acceptors (Lipinski definition) is 3. The van der Waals surface area contributed by atoms with E-state index in [4.69, 9.17) is 0 Å². The zero-order valence-corrected chi connectivity index (χ0v) is 24.7. The molecule has 0 aliphatic rings. The van der Waals surface area contributed by atoms with Crippen LogP contribution in [0.3, 0.4) is 0 Å². The van der Waals surface area contributed by atoms with E-state index in [1.807, 2.05) is 65.8 Å². The third-order valence-electron chi connectivity index (χ3n) is 8.04. The van der Waals surface area contributed by atoms with E-state index in [9.17, 15) is 15.4 Å². The molecule has 3 aromatic carbocycles. The van der Waals surface area contributed by atoms with Gasteiger partial charge in [0.05, 0.1) is 5.69 Å². The van der Waals surface area contributed by atoms with Gasteiger partial charge < -0.3 is 10.2 Å². The Morgan fingerprint density at radius 3 is 1.70 bits per heavy atom. The molecular weight excluding hydrogens is 458 g/mol. The number of aryl methyl sites for hydroxylation is 1. The van der Waals surface area contributed by atoms with Crippen LogP contribution in [0, 0.1) is 27.7 Å². The van der Waals surface area contributed by atoms with E-state index in [2.05, 4.69) is 47.6 Å². The predicted molar refractivity (Wildman–Crippen MR) is 154 cm³/mol. The van der Waals surface area contributed by atoms with E-state index in [1.165, 1.54) is 5.56 Å². The lowest BCUT2D eigenvalue weighted by atomic mass is 9.73. The van der Waals surface area contributed by atoms with Crippen molar-refractivity contribution in [1.29, 1.82) is 0 Å². The van der Waals surface area contributed by atoms with Crippen molar-refractivity contribution in [2.75, 3.05) is 5.06 Å². The van der Waals surface area contributed by atoms with Gasteiger partial charge in [0.1, 0.15) is 17.2 Å². The summed E-state index contributed by atoms with van der Waals surface area (Å²) in [6.45, 7) is 24.7. The van der Waals surface area contributed by atoms with Crippen LogP contribution in [0.4, 0.5) is 11.4 Å². The van der Waals surface area contributed by atoms with Crippen LogP contribution in [0.15, 0.2) is 36.4 Å². The molecule has 0 saturated carbocycles. The Balaban J connectivity index is 2.30. The Labute approximate surface area is 223 Å². The number of phenols is 2. The first-order valence-electron chi connectivity index (χ1n) is 13.0. The molecule has 0 bridgehead atoms. The van der Waals surface area contributed by atoms with Gasteiger partial charge in [-0.25, -0.2) is 0 Å². The van der Waals surface area contributed by atoms with E-state index in [0.717, 1.165) is 44.0 Å². The molecule has 2 N–H and O–H groups in total. The summed E-state index contributed by atoms with van der Waals surface area (Å²) in [6, 6.07) is 11.5. The molecule has 0 amide bonds. The summed E-state index contributed by atoms with van der Waals surface area (Å²) in [7, 11) is 0. The van der Waals surface area contributed by atoms with Gasteiger partial charge in [-0.15, -0.1) is 0 Å². The van der Waals surface area contributed by atoms with Crippen molar-refractivity contribution in [3.05, 3.63) is 80.9 Å².